The molecule has 0 spiro atoms. The molecule has 9 heteroatoms. The second-order valence-corrected chi connectivity index (χ2v) is 7.06. The van der Waals surface area contributed by atoms with Crippen molar-refractivity contribution in [1.82, 2.24) is 5.43 Å². The van der Waals surface area contributed by atoms with Gasteiger partial charge in [0, 0.05) is 16.1 Å². The first kappa shape index (κ1) is 23.1. The van der Waals surface area contributed by atoms with Gasteiger partial charge in [-0.1, -0.05) is 41.9 Å². The monoisotopic (exact) mass is 454 g/mol. The van der Waals surface area contributed by atoms with Gasteiger partial charge < -0.3 is 9.47 Å². The van der Waals surface area contributed by atoms with E-state index in [0.29, 0.717) is 16.5 Å². The molecule has 1 heterocycles. The molecule has 2 aromatic rings. The molecule has 166 valence electrons. The van der Waals surface area contributed by atoms with Crippen molar-refractivity contribution in [1.29, 1.82) is 0 Å². The van der Waals surface area contributed by atoms with E-state index in [1.54, 1.807) is 26.0 Å². The first-order valence-corrected chi connectivity index (χ1v) is 10.5. The SMILES string of the molecule is CCOC(=O)CC(=NNC1=Nc2ccc(Cl)cc2C(c2ccccc2)=NC1)C(=O)OCC. The van der Waals surface area contributed by atoms with Gasteiger partial charge in [0.15, 0.2) is 5.71 Å². The molecule has 0 unspecified atom stereocenters. The number of nitrogens with one attached hydrogen (secondary N) is 1. The van der Waals surface area contributed by atoms with Crippen LogP contribution in [0.3, 0.4) is 0 Å². The number of hydrogen-bond acceptors (Lipinski definition) is 8. The van der Waals surface area contributed by atoms with Gasteiger partial charge in [0.2, 0.25) is 0 Å². The molecule has 32 heavy (non-hydrogen) atoms. The number of halogens is 1. The van der Waals surface area contributed by atoms with Crippen molar-refractivity contribution in [2.75, 3.05) is 19.8 Å². The first-order chi connectivity index (χ1) is 15.5. The lowest BCUT2D eigenvalue weighted by Crippen LogP contribution is -2.28. The largest absolute Gasteiger partial charge is 0.466 e. The van der Waals surface area contributed by atoms with Crippen LogP contribution in [0.4, 0.5) is 5.69 Å². The molecule has 0 radical (unpaired) electrons. The number of carbonyl (C=O) groups is 2. The standard InChI is InChI=1S/C23H23ClN4O4/c1-3-31-21(29)13-19(23(30)32-4-2)27-28-20-14-25-22(15-8-6-5-7-9-15)17-12-16(24)10-11-18(17)26-20/h5-12H,3-4,13-14H2,1-2H3,(H,26,28). The number of hydrogen-bond donors (Lipinski definition) is 1. The molecule has 1 aliphatic rings. The van der Waals surface area contributed by atoms with Gasteiger partial charge in [0.1, 0.15) is 5.84 Å². The number of benzene rings is 2. The summed E-state index contributed by atoms with van der Waals surface area (Å²) < 4.78 is 9.91. The number of aliphatic imine (C=N–C) groups is 2. The van der Waals surface area contributed by atoms with Gasteiger partial charge in [-0.15, -0.1) is 0 Å². The Kier molecular flexibility index (Phi) is 8.10. The van der Waals surface area contributed by atoms with E-state index in [1.165, 1.54) is 0 Å². The second-order valence-electron chi connectivity index (χ2n) is 6.62. The smallest absolute Gasteiger partial charge is 0.355 e. The molecule has 1 N–H and O–H groups in total. The maximum atomic E-state index is 12.2. The van der Waals surface area contributed by atoms with Crippen LogP contribution in [-0.4, -0.2) is 49.0 Å². The number of fused-ring (bicyclic) bond motifs is 1. The summed E-state index contributed by atoms with van der Waals surface area (Å²) in [4.78, 5) is 33.4. The quantitative estimate of drug-likeness (QED) is 0.390. The fraction of sp³-hybridized carbons (Fsp3) is 0.261. The van der Waals surface area contributed by atoms with E-state index >= 15 is 0 Å². The molecule has 0 saturated heterocycles. The summed E-state index contributed by atoms with van der Waals surface area (Å²) in [6.07, 6.45) is -0.322. The van der Waals surface area contributed by atoms with Crippen LogP contribution in [0.2, 0.25) is 5.02 Å². The summed E-state index contributed by atoms with van der Waals surface area (Å²) in [5.41, 5.74) is 5.74. The number of esters is 2. The van der Waals surface area contributed by atoms with Crippen molar-refractivity contribution in [3.63, 3.8) is 0 Å². The predicted molar refractivity (Wildman–Crippen MR) is 124 cm³/mol. The van der Waals surface area contributed by atoms with Crippen molar-refractivity contribution in [2.45, 2.75) is 20.3 Å². The highest BCUT2D eigenvalue weighted by atomic mass is 35.5. The topological polar surface area (TPSA) is 102 Å². The Morgan fingerprint density at radius 3 is 2.56 bits per heavy atom. The number of nitrogens with zero attached hydrogens (tertiary/aromatic N) is 3. The summed E-state index contributed by atoms with van der Waals surface area (Å²) in [6, 6.07) is 15.0. The van der Waals surface area contributed by atoms with E-state index in [2.05, 4.69) is 15.5 Å². The van der Waals surface area contributed by atoms with Gasteiger partial charge >= 0.3 is 11.9 Å². The molecule has 0 bridgehead atoms. The van der Waals surface area contributed by atoms with E-state index in [-0.39, 0.29) is 31.9 Å². The zero-order valence-electron chi connectivity index (χ0n) is 17.8. The lowest BCUT2D eigenvalue weighted by atomic mass is 10.0. The first-order valence-electron chi connectivity index (χ1n) is 10.1. The Balaban J connectivity index is 1.92. The molecule has 0 aliphatic carbocycles. The minimum absolute atomic E-state index is 0.110. The van der Waals surface area contributed by atoms with E-state index in [9.17, 15) is 9.59 Å². The number of ether oxygens (including phenoxy) is 2. The van der Waals surface area contributed by atoms with Crippen LogP contribution < -0.4 is 5.43 Å². The average Bonchev–Trinajstić information content (AvgIpc) is 2.96. The van der Waals surface area contributed by atoms with Gasteiger partial charge in [-0.25, -0.2) is 9.79 Å². The number of amidine groups is 1. The number of hydrazone groups is 1. The summed E-state index contributed by atoms with van der Waals surface area (Å²) in [7, 11) is 0. The number of rotatable bonds is 7. The molecular formula is C23H23ClN4O4. The molecule has 0 amide bonds. The fourth-order valence-corrected chi connectivity index (χ4v) is 3.14. The highest BCUT2D eigenvalue weighted by Crippen LogP contribution is 2.28. The van der Waals surface area contributed by atoms with Crippen LogP contribution >= 0.6 is 11.6 Å². The molecule has 0 saturated carbocycles. The van der Waals surface area contributed by atoms with E-state index in [1.807, 2.05) is 36.4 Å². The highest BCUT2D eigenvalue weighted by Gasteiger charge is 2.20. The minimum atomic E-state index is -0.706. The van der Waals surface area contributed by atoms with Crippen molar-refractivity contribution in [3.05, 3.63) is 64.7 Å². The zero-order valence-corrected chi connectivity index (χ0v) is 18.6. The third kappa shape index (κ3) is 6.01. The normalized spacial score (nSPS) is 13.3. The predicted octanol–water partition coefficient (Wildman–Crippen LogP) is 3.68. The lowest BCUT2D eigenvalue weighted by Gasteiger charge is -2.08. The molecule has 0 aromatic heterocycles. The van der Waals surface area contributed by atoms with E-state index < -0.39 is 11.9 Å². The van der Waals surface area contributed by atoms with Crippen LogP contribution in [0.25, 0.3) is 0 Å². The Morgan fingerprint density at radius 2 is 1.84 bits per heavy atom. The summed E-state index contributed by atoms with van der Waals surface area (Å²) in [6.45, 7) is 3.88. The maximum Gasteiger partial charge on any atom is 0.355 e. The van der Waals surface area contributed by atoms with Crippen LogP contribution in [-0.2, 0) is 19.1 Å². The molecule has 8 nitrogen and oxygen atoms in total. The third-order valence-corrected chi connectivity index (χ3v) is 4.59. The zero-order chi connectivity index (χ0) is 22.9. The van der Waals surface area contributed by atoms with Crippen molar-refractivity contribution >= 4 is 46.5 Å². The Morgan fingerprint density at radius 1 is 1.09 bits per heavy atom. The average molecular weight is 455 g/mol. The van der Waals surface area contributed by atoms with Crippen molar-refractivity contribution < 1.29 is 19.1 Å². The second kappa shape index (κ2) is 11.2. The molecule has 2 aromatic carbocycles. The van der Waals surface area contributed by atoms with Crippen LogP contribution in [0.1, 0.15) is 31.4 Å². The van der Waals surface area contributed by atoms with Gasteiger partial charge in [-0.3, -0.25) is 15.2 Å². The summed E-state index contributed by atoms with van der Waals surface area (Å²) in [5, 5.41) is 4.65. The molecule has 0 fully saturated rings. The van der Waals surface area contributed by atoms with E-state index in [4.69, 9.17) is 26.1 Å². The Labute approximate surface area is 191 Å². The van der Waals surface area contributed by atoms with Crippen molar-refractivity contribution in [3.8, 4) is 0 Å². The molecule has 1 aliphatic heterocycles. The lowest BCUT2D eigenvalue weighted by molar-refractivity contribution is -0.143. The minimum Gasteiger partial charge on any atom is -0.466 e. The van der Waals surface area contributed by atoms with Crippen molar-refractivity contribution in [2.24, 2.45) is 15.1 Å². The van der Waals surface area contributed by atoms with Gasteiger partial charge in [0.25, 0.3) is 0 Å². The third-order valence-electron chi connectivity index (χ3n) is 4.35. The molecule has 3 rings (SSSR count). The fourth-order valence-electron chi connectivity index (χ4n) is 2.97. The van der Waals surface area contributed by atoms with Gasteiger partial charge in [-0.2, -0.15) is 5.10 Å². The Bertz CT molecular complexity index is 1080. The summed E-state index contributed by atoms with van der Waals surface area (Å²) in [5.74, 6) is -0.888. The highest BCUT2D eigenvalue weighted by molar-refractivity contribution is 6.39. The molecule has 0 atom stereocenters. The Hall–Kier alpha value is -3.52. The van der Waals surface area contributed by atoms with Crippen LogP contribution in [0, 0.1) is 0 Å². The summed E-state index contributed by atoms with van der Waals surface area (Å²) >= 11 is 6.22. The van der Waals surface area contributed by atoms with Crippen LogP contribution in [0.5, 0.6) is 0 Å². The van der Waals surface area contributed by atoms with Gasteiger partial charge in [-0.05, 0) is 32.0 Å². The van der Waals surface area contributed by atoms with Crippen LogP contribution in [0.15, 0.2) is 63.6 Å². The van der Waals surface area contributed by atoms with Gasteiger partial charge in [0.05, 0.1) is 37.6 Å². The van der Waals surface area contributed by atoms with E-state index in [0.717, 1.165) is 16.8 Å². The molecular weight excluding hydrogens is 432 g/mol. The maximum absolute atomic E-state index is 12.2. The number of carbonyl (C=O) groups excluding carboxylic acids is 2.